The van der Waals surface area contributed by atoms with E-state index in [1.54, 1.807) is 0 Å². The molecule has 27 heavy (non-hydrogen) atoms. The summed E-state index contributed by atoms with van der Waals surface area (Å²) in [6.07, 6.45) is 5.42. The molecule has 2 nitrogen and oxygen atoms in total. The number of aryl methyl sites for hydroxylation is 1. The van der Waals surface area contributed by atoms with Crippen LogP contribution in [0, 0.1) is 12.8 Å². The monoisotopic (exact) mass is 423 g/mol. The smallest absolute Gasteiger partial charge is 0.174 e. The maximum Gasteiger partial charge on any atom is 0.174 e. The molecule has 2 aromatic carbocycles. The standard InChI is InChI=1S/C24H26BrNO/c1-16(2)20-8-6-19(7-9-20)15-17(3)5-14-23-18(4)26-27-24(23)21-10-12-22(25)13-11-21/h5-14,16-17H,15H2,1-4H3/b14-5+. The third-order valence-corrected chi connectivity index (χ3v) is 5.34. The van der Waals surface area contributed by atoms with Crippen LogP contribution in [0.15, 0.2) is 63.6 Å². The van der Waals surface area contributed by atoms with Crippen LogP contribution in [0.4, 0.5) is 0 Å². The normalized spacial score (nSPS) is 12.8. The summed E-state index contributed by atoms with van der Waals surface area (Å²) in [5.41, 5.74) is 5.76. The van der Waals surface area contributed by atoms with Crippen molar-refractivity contribution < 1.29 is 4.52 Å². The summed E-state index contributed by atoms with van der Waals surface area (Å²) in [4.78, 5) is 0. The molecule has 0 fully saturated rings. The van der Waals surface area contributed by atoms with Crippen molar-refractivity contribution in [1.29, 1.82) is 0 Å². The predicted octanol–water partition coefficient (Wildman–Crippen LogP) is 7.43. The van der Waals surface area contributed by atoms with Crippen LogP contribution >= 0.6 is 15.9 Å². The first-order valence-corrected chi connectivity index (χ1v) is 10.2. The van der Waals surface area contributed by atoms with E-state index in [0.29, 0.717) is 11.8 Å². The number of aromatic nitrogens is 1. The van der Waals surface area contributed by atoms with Gasteiger partial charge < -0.3 is 4.52 Å². The molecule has 140 valence electrons. The van der Waals surface area contributed by atoms with Gasteiger partial charge in [-0.05, 0) is 60.6 Å². The Bertz CT molecular complexity index is 905. The Morgan fingerprint density at radius 2 is 1.67 bits per heavy atom. The molecule has 0 aliphatic carbocycles. The first-order valence-electron chi connectivity index (χ1n) is 9.43. The van der Waals surface area contributed by atoms with Gasteiger partial charge in [0, 0.05) is 15.6 Å². The van der Waals surface area contributed by atoms with E-state index in [9.17, 15) is 0 Å². The van der Waals surface area contributed by atoms with Gasteiger partial charge in [0.1, 0.15) is 0 Å². The average Bonchev–Trinajstić information content (AvgIpc) is 3.01. The van der Waals surface area contributed by atoms with Gasteiger partial charge in [0.15, 0.2) is 5.76 Å². The van der Waals surface area contributed by atoms with Crippen molar-refractivity contribution in [2.45, 2.75) is 40.0 Å². The minimum Gasteiger partial charge on any atom is -0.355 e. The van der Waals surface area contributed by atoms with E-state index in [-0.39, 0.29) is 0 Å². The summed E-state index contributed by atoms with van der Waals surface area (Å²) in [7, 11) is 0. The molecule has 0 N–H and O–H groups in total. The van der Waals surface area contributed by atoms with Gasteiger partial charge in [0.2, 0.25) is 0 Å². The fraction of sp³-hybridized carbons (Fsp3) is 0.292. The highest BCUT2D eigenvalue weighted by atomic mass is 79.9. The molecule has 0 aliphatic rings. The second-order valence-electron chi connectivity index (χ2n) is 7.45. The van der Waals surface area contributed by atoms with Gasteiger partial charge in [-0.2, -0.15) is 0 Å². The van der Waals surface area contributed by atoms with E-state index in [0.717, 1.165) is 33.5 Å². The van der Waals surface area contributed by atoms with Gasteiger partial charge in [-0.3, -0.25) is 0 Å². The van der Waals surface area contributed by atoms with Gasteiger partial charge in [0.25, 0.3) is 0 Å². The maximum absolute atomic E-state index is 5.59. The fourth-order valence-electron chi connectivity index (χ4n) is 3.12. The Morgan fingerprint density at radius 3 is 2.30 bits per heavy atom. The lowest BCUT2D eigenvalue weighted by Crippen LogP contribution is -1.97. The molecule has 1 aromatic heterocycles. The highest BCUT2D eigenvalue weighted by Gasteiger charge is 2.13. The third kappa shape index (κ3) is 4.98. The Hall–Kier alpha value is -2.13. The lowest BCUT2D eigenvalue weighted by molar-refractivity contribution is 0.427. The number of hydrogen-bond donors (Lipinski definition) is 0. The van der Waals surface area contributed by atoms with Crippen LogP contribution < -0.4 is 0 Å². The number of benzene rings is 2. The topological polar surface area (TPSA) is 26.0 Å². The van der Waals surface area contributed by atoms with Gasteiger partial charge >= 0.3 is 0 Å². The molecular formula is C24H26BrNO. The molecule has 0 saturated heterocycles. The molecule has 0 spiro atoms. The quantitative estimate of drug-likeness (QED) is 0.411. The lowest BCUT2D eigenvalue weighted by atomic mass is 9.96. The zero-order chi connectivity index (χ0) is 19.4. The van der Waals surface area contributed by atoms with E-state index in [4.69, 9.17) is 4.52 Å². The van der Waals surface area contributed by atoms with Crippen molar-refractivity contribution >= 4 is 22.0 Å². The minimum atomic E-state index is 0.432. The first-order chi connectivity index (χ1) is 12.9. The lowest BCUT2D eigenvalue weighted by Gasteiger charge is -2.09. The van der Waals surface area contributed by atoms with Crippen LogP contribution in [-0.4, -0.2) is 5.16 Å². The van der Waals surface area contributed by atoms with Crippen LogP contribution in [0.2, 0.25) is 0 Å². The summed E-state index contributed by atoms with van der Waals surface area (Å²) in [6, 6.07) is 17.1. The Labute approximate surface area is 170 Å². The Kier molecular flexibility index (Phi) is 6.33. The maximum atomic E-state index is 5.59. The van der Waals surface area contributed by atoms with Crippen LogP contribution in [0.1, 0.15) is 49.1 Å². The summed E-state index contributed by atoms with van der Waals surface area (Å²) in [5.74, 6) is 1.83. The summed E-state index contributed by atoms with van der Waals surface area (Å²) >= 11 is 3.48. The SMILES string of the molecule is Cc1noc(-c2ccc(Br)cc2)c1/C=C/C(C)Cc1ccc(C(C)C)cc1. The highest BCUT2D eigenvalue weighted by Crippen LogP contribution is 2.29. The van der Waals surface area contributed by atoms with Crippen molar-refractivity contribution in [2.75, 3.05) is 0 Å². The second kappa shape index (κ2) is 8.71. The molecule has 0 amide bonds. The van der Waals surface area contributed by atoms with Gasteiger partial charge in [-0.15, -0.1) is 0 Å². The molecule has 1 unspecified atom stereocenters. The summed E-state index contributed by atoms with van der Waals surface area (Å²) < 4.78 is 6.64. The Balaban J connectivity index is 1.73. The molecule has 0 bridgehead atoms. The molecule has 1 heterocycles. The molecule has 3 rings (SSSR count). The van der Waals surface area contributed by atoms with Crippen molar-refractivity contribution in [3.63, 3.8) is 0 Å². The molecule has 0 radical (unpaired) electrons. The molecular weight excluding hydrogens is 398 g/mol. The third-order valence-electron chi connectivity index (χ3n) is 4.81. The van der Waals surface area contributed by atoms with E-state index in [1.165, 1.54) is 11.1 Å². The number of allylic oxidation sites excluding steroid dienone is 1. The van der Waals surface area contributed by atoms with Crippen molar-refractivity contribution in [3.8, 4) is 11.3 Å². The Morgan fingerprint density at radius 1 is 1.00 bits per heavy atom. The van der Waals surface area contributed by atoms with Crippen molar-refractivity contribution in [1.82, 2.24) is 5.16 Å². The molecule has 3 aromatic rings. The predicted molar refractivity (Wildman–Crippen MR) is 117 cm³/mol. The fourth-order valence-corrected chi connectivity index (χ4v) is 3.39. The van der Waals surface area contributed by atoms with E-state index < -0.39 is 0 Å². The van der Waals surface area contributed by atoms with E-state index in [1.807, 2.05) is 31.2 Å². The van der Waals surface area contributed by atoms with Gasteiger partial charge in [0.05, 0.1) is 5.69 Å². The summed E-state index contributed by atoms with van der Waals surface area (Å²) in [5, 5.41) is 4.17. The van der Waals surface area contributed by atoms with Crippen LogP contribution in [0.5, 0.6) is 0 Å². The van der Waals surface area contributed by atoms with E-state index >= 15 is 0 Å². The molecule has 0 saturated carbocycles. The number of nitrogens with zero attached hydrogens (tertiary/aromatic N) is 1. The van der Waals surface area contributed by atoms with E-state index in [2.05, 4.69) is 78.3 Å². The molecule has 0 aliphatic heterocycles. The molecule has 3 heteroatoms. The van der Waals surface area contributed by atoms with Crippen molar-refractivity contribution in [3.05, 3.63) is 81.5 Å². The largest absolute Gasteiger partial charge is 0.355 e. The van der Waals surface area contributed by atoms with Crippen molar-refractivity contribution in [2.24, 2.45) is 5.92 Å². The minimum absolute atomic E-state index is 0.432. The number of rotatable bonds is 6. The highest BCUT2D eigenvalue weighted by molar-refractivity contribution is 9.10. The van der Waals surface area contributed by atoms with Crippen LogP contribution in [-0.2, 0) is 6.42 Å². The average molecular weight is 424 g/mol. The van der Waals surface area contributed by atoms with Gasteiger partial charge in [-0.25, -0.2) is 0 Å². The number of halogens is 1. The zero-order valence-electron chi connectivity index (χ0n) is 16.4. The zero-order valence-corrected chi connectivity index (χ0v) is 18.0. The van der Waals surface area contributed by atoms with Gasteiger partial charge in [-0.1, -0.05) is 78.3 Å². The second-order valence-corrected chi connectivity index (χ2v) is 8.37. The molecule has 1 atom stereocenters. The number of hydrogen-bond acceptors (Lipinski definition) is 2. The first kappa shape index (κ1) is 19.6. The summed E-state index contributed by atoms with van der Waals surface area (Å²) in [6.45, 7) is 8.69. The van der Waals surface area contributed by atoms with Crippen LogP contribution in [0.25, 0.3) is 17.4 Å². The van der Waals surface area contributed by atoms with Crippen LogP contribution in [0.3, 0.4) is 0 Å².